The number of rotatable bonds is 5. The molecule has 0 radical (unpaired) electrons. The highest BCUT2D eigenvalue weighted by Gasteiger charge is 2.15. The molecule has 1 aromatic rings. The molecule has 25 heavy (non-hydrogen) atoms. The highest BCUT2D eigenvalue weighted by atomic mass is 32.2. The number of benzene rings is 1. The minimum atomic E-state index is -3.80. The van der Waals surface area contributed by atoms with E-state index in [1.807, 2.05) is 0 Å². The van der Waals surface area contributed by atoms with Crippen LogP contribution in [0.1, 0.15) is 31.2 Å². The van der Waals surface area contributed by atoms with E-state index in [1.54, 1.807) is 24.9 Å². The van der Waals surface area contributed by atoms with Gasteiger partial charge < -0.3 is 15.1 Å². The normalized spacial score (nSPS) is 16.3. The lowest BCUT2D eigenvalue weighted by Crippen LogP contribution is -2.39. The van der Waals surface area contributed by atoms with Gasteiger partial charge in [0.15, 0.2) is 0 Å². The number of likely N-dealkylation sites (N-methyl/N-ethyl adjacent to an activating group) is 1. The summed E-state index contributed by atoms with van der Waals surface area (Å²) in [5, 5.41) is 7.92. The molecule has 0 saturated carbocycles. The van der Waals surface area contributed by atoms with Gasteiger partial charge in [-0.1, -0.05) is 18.9 Å². The second kappa shape index (κ2) is 8.64. The monoisotopic (exact) mass is 368 g/mol. The summed E-state index contributed by atoms with van der Waals surface area (Å²) < 4.78 is 22.9. The first-order valence-corrected chi connectivity index (χ1v) is 10.2. The summed E-state index contributed by atoms with van der Waals surface area (Å²) in [6.07, 6.45) is 5.00. The molecule has 7 nitrogen and oxygen atoms in total. The molecule has 0 aromatic heterocycles. The Kier molecular flexibility index (Phi) is 6.80. The van der Waals surface area contributed by atoms with E-state index in [-0.39, 0.29) is 10.9 Å². The zero-order valence-electron chi connectivity index (χ0n) is 15.0. The maximum absolute atomic E-state index is 12.4. The van der Waals surface area contributed by atoms with Crippen LogP contribution in [0.4, 0.5) is 10.5 Å². The molecule has 0 unspecified atom stereocenters. The molecule has 1 aliphatic rings. The number of amides is 2. The van der Waals surface area contributed by atoms with Gasteiger partial charge in [0.2, 0.25) is 10.0 Å². The average Bonchev–Trinajstić information content (AvgIpc) is 2.82. The van der Waals surface area contributed by atoms with E-state index in [0.29, 0.717) is 12.2 Å². The van der Waals surface area contributed by atoms with Crippen molar-refractivity contribution >= 4 is 21.7 Å². The number of aryl methyl sites for hydroxylation is 1. The third-order valence-corrected chi connectivity index (χ3v) is 5.49. The largest absolute Gasteiger partial charge is 0.326 e. The Morgan fingerprint density at radius 1 is 1.24 bits per heavy atom. The Labute approximate surface area is 150 Å². The van der Waals surface area contributed by atoms with E-state index >= 15 is 0 Å². The van der Waals surface area contributed by atoms with E-state index in [1.165, 1.54) is 37.8 Å². The van der Waals surface area contributed by atoms with Crippen molar-refractivity contribution < 1.29 is 13.2 Å². The first-order valence-electron chi connectivity index (χ1n) is 8.65. The van der Waals surface area contributed by atoms with Crippen LogP contribution < -0.4 is 10.5 Å². The molecule has 1 saturated heterocycles. The molecule has 0 atom stereocenters. The van der Waals surface area contributed by atoms with Crippen LogP contribution in [-0.2, 0) is 10.0 Å². The fraction of sp³-hybridized carbons (Fsp3) is 0.588. The van der Waals surface area contributed by atoms with Gasteiger partial charge >= 0.3 is 6.03 Å². The number of nitrogens with two attached hydrogens (primary N) is 1. The lowest BCUT2D eigenvalue weighted by Gasteiger charge is -2.24. The maximum Gasteiger partial charge on any atom is 0.321 e. The first kappa shape index (κ1) is 19.7. The molecule has 8 heteroatoms. The molecule has 1 fully saturated rings. The van der Waals surface area contributed by atoms with E-state index < -0.39 is 10.0 Å². The number of primary sulfonamides is 1. The number of carbonyl (C=O) groups excluding carboxylic acids is 1. The van der Waals surface area contributed by atoms with Crippen molar-refractivity contribution in [1.82, 2.24) is 9.80 Å². The molecule has 1 aromatic carbocycles. The molecule has 0 bridgehead atoms. The van der Waals surface area contributed by atoms with Crippen molar-refractivity contribution in [2.45, 2.75) is 37.5 Å². The first-order chi connectivity index (χ1) is 11.8. The SMILES string of the molecule is Cc1ccc(S(N)(=O)=O)cc1NC(=O)N(C)CCN1CCCCCC1. The van der Waals surface area contributed by atoms with Crippen LogP contribution in [0.5, 0.6) is 0 Å². The number of nitrogens with zero attached hydrogens (tertiary/aromatic N) is 2. The van der Waals surface area contributed by atoms with Crippen LogP contribution in [0, 0.1) is 6.92 Å². The Morgan fingerprint density at radius 2 is 1.88 bits per heavy atom. The standard InChI is InChI=1S/C17H28N4O3S/c1-14-7-8-15(25(18,23)24)13-16(14)19-17(22)20(2)11-12-21-9-5-3-4-6-10-21/h7-8,13H,3-6,9-12H2,1-2H3,(H,19,22)(H2,18,23,24). The van der Waals surface area contributed by atoms with Crippen molar-refractivity contribution in [1.29, 1.82) is 0 Å². The van der Waals surface area contributed by atoms with Gasteiger partial charge in [-0.2, -0.15) is 0 Å². The van der Waals surface area contributed by atoms with Crippen LogP contribution in [0.15, 0.2) is 23.1 Å². The molecular weight excluding hydrogens is 340 g/mol. The number of hydrogen-bond donors (Lipinski definition) is 2. The average molecular weight is 369 g/mol. The molecule has 2 amide bonds. The van der Waals surface area contributed by atoms with E-state index in [9.17, 15) is 13.2 Å². The molecule has 1 aliphatic heterocycles. The van der Waals surface area contributed by atoms with Gasteiger partial charge in [0.25, 0.3) is 0 Å². The quantitative estimate of drug-likeness (QED) is 0.831. The Morgan fingerprint density at radius 3 is 2.48 bits per heavy atom. The van der Waals surface area contributed by atoms with Gasteiger partial charge in [-0.15, -0.1) is 0 Å². The molecular formula is C17H28N4O3S. The zero-order valence-corrected chi connectivity index (χ0v) is 15.8. The Hall–Kier alpha value is -1.64. The number of anilines is 1. The molecule has 0 aliphatic carbocycles. The molecule has 0 spiro atoms. The van der Waals surface area contributed by atoms with Gasteiger partial charge in [-0.3, -0.25) is 0 Å². The van der Waals surface area contributed by atoms with E-state index in [4.69, 9.17) is 5.14 Å². The maximum atomic E-state index is 12.4. The summed E-state index contributed by atoms with van der Waals surface area (Å²) in [6, 6.07) is 4.20. The third-order valence-electron chi connectivity index (χ3n) is 4.58. The van der Waals surface area contributed by atoms with Crippen molar-refractivity contribution in [3.8, 4) is 0 Å². The second-order valence-corrected chi connectivity index (χ2v) is 8.19. The topological polar surface area (TPSA) is 95.7 Å². The smallest absolute Gasteiger partial charge is 0.321 e. The van der Waals surface area contributed by atoms with Crippen molar-refractivity contribution in [2.75, 3.05) is 38.5 Å². The van der Waals surface area contributed by atoms with Gasteiger partial charge in [0.1, 0.15) is 0 Å². The minimum absolute atomic E-state index is 0.0133. The van der Waals surface area contributed by atoms with Gasteiger partial charge in [-0.25, -0.2) is 18.4 Å². The summed E-state index contributed by atoms with van der Waals surface area (Å²) in [5.41, 5.74) is 1.24. The Balaban J connectivity index is 1.94. The van der Waals surface area contributed by atoms with E-state index in [2.05, 4.69) is 10.2 Å². The summed E-state index contributed by atoms with van der Waals surface area (Å²) in [5.74, 6) is 0. The second-order valence-electron chi connectivity index (χ2n) is 6.63. The third kappa shape index (κ3) is 5.98. The highest BCUT2D eigenvalue weighted by Crippen LogP contribution is 2.19. The van der Waals surface area contributed by atoms with Crippen molar-refractivity contribution in [2.24, 2.45) is 5.14 Å². The number of sulfonamides is 1. The Bertz CT molecular complexity index is 698. The summed E-state index contributed by atoms with van der Waals surface area (Å²) in [7, 11) is -2.06. The number of nitrogens with one attached hydrogen (secondary N) is 1. The van der Waals surface area contributed by atoms with Crippen LogP contribution >= 0.6 is 0 Å². The molecule has 2 rings (SSSR count). The predicted octanol–water partition coefficient (Wildman–Crippen LogP) is 1.98. The molecule has 140 valence electrons. The number of likely N-dealkylation sites (tertiary alicyclic amines) is 1. The highest BCUT2D eigenvalue weighted by molar-refractivity contribution is 7.89. The molecule has 1 heterocycles. The van der Waals surface area contributed by atoms with Crippen molar-refractivity contribution in [3.05, 3.63) is 23.8 Å². The van der Waals surface area contributed by atoms with Crippen LogP contribution in [0.25, 0.3) is 0 Å². The summed E-state index contributed by atoms with van der Waals surface area (Å²) in [6.45, 7) is 5.45. The van der Waals surface area contributed by atoms with Crippen LogP contribution in [0.3, 0.4) is 0 Å². The minimum Gasteiger partial charge on any atom is -0.326 e. The van der Waals surface area contributed by atoms with Gasteiger partial charge in [-0.05, 0) is 50.6 Å². The number of urea groups is 1. The lowest BCUT2D eigenvalue weighted by atomic mass is 10.2. The van der Waals surface area contributed by atoms with Crippen LogP contribution in [-0.4, -0.2) is 57.5 Å². The summed E-state index contributed by atoms with van der Waals surface area (Å²) in [4.78, 5) is 16.4. The fourth-order valence-corrected chi connectivity index (χ4v) is 3.42. The van der Waals surface area contributed by atoms with Gasteiger partial charge in [0, 0.05) is 25.8 Å². The zero-order chi connectivity index (χ0) is 18.4. The fourth-order valence-electron chi connectivity index (χ4n) is 2.88. The van der Waals surface area contributed by atoms with Crippen LogP contribution in [0.2, 0.25) is 0 Å². The molecule has 3 N–H and O–H groups in total. The summed E-state index contributed by atoms with van der Waals surface area (Å²) >= 11 is 0. The number of hydrogen-bond acceptors (Lipinski definition) is 4. The van der Waals surface area contributed by atoms with Gasteiger partial charge in [0.05, 0.1) is 4.90 Å². The van der Waals surface area contributed by atoms with E-state index in [0.717, 1.165) is 25.2 Å². The lowest BCUT2D eigenvalue weighted by molar-refractivity contribution is 0.207. The van der Waals surface area contributed by atoms with Crippen molar-refractivity contribution in [3.63, 3.8) is 0 Å². The number of carbonyl (C=O) groups is 1. The predicted molar refractivity (Wildman–Crippen MR) is 99.1 cm³/mol.